The fourth-order valence-corrected chi connectivity index (χ4v) is 3.55. The lowest BCUT2D eigenvalue weighted by molar-refractivity contribution is -0.918. The van der Waals surface area contributed by atoms with E-state index in [2.05, 4.69) is 29.6 Å². The van der Waals surface area contributed by atoms with E-state index in [9.17, 15) is 9.59 Å². The molecule has 0 spiro atoms. The summed E-state index contributed by atoms with van der Waals surface area (Å²) in [5.41, 5.74) is 1.37. The molecular weight excluding hydrogens is 324 g/mol. The third kappa shape index (κ3) is 6.93. The topological polar surface area (TPSA) is 59.8 Å². The molecule has 0 saturated carbocycles. The van der Waals surface area contributed by atoms with Crippen LogP contribution in [-0.4, -0.2) is 49.1 Å². The predicted molar refractivity (Wildman–Crippen MR) is 96.0 cm³/mol. The van der Waals surface area contributed by atoms with Crippen LogP contribution in [0.1, 0.15) is 25.3 Å². The van der Waals surface area contributed by atoms with Gasteiger partial charge in [0, 0.05) is 24.4 Å². The molecule has 0 aliphatic carbocycles. The molecule has 1 aromatic rings. The number of benzene rings is 1. The highest BCUT2D eigenvalue weighted by atomic mass is 32.2. The van der Waals surface area contributed by atoms with Crippen molar-refractivity contribution in [2.24, 2.45) is 0 Å². The minimum Gasteiger partial charge on any atom is -0.465 e. The molecule has 1 aromatic carbocycles. The van der Waals surface area contributed by atoms with Gasteiger partial charge in [0.1, 0.15) is 6.54 Å². The molecule has 0 bridgehead atoms. The second kappa shape index (κ2) is 10.4. The van der Waals surface area contributed by atoms with Crippen molar-refractivity contribution in [2.75, 3.05) is 31.2 Å². The summed E-state index contributed by atoms with van der Waals surface area (Å²) in [4.78, 5) is 24.7. The SMILES string of the molecule is CCOC(=O)CSCC(=O)NC1CC[NH+](Cc2ccccc2)CC1. The highest BCUT2D eigenvalue weighted by molar-refractivity contribution is 8.00. The normalized spacial score (nSPS) is 20.4. The summed E-state index contributed by atoms with van der Waals surface area (Å²) in [5.74, 6) is 0.311. The van der Waals surface area contributed by atoms with E-state index < -0.39 is 0 Å². The number of likely N-dealkylation sites (tertiary alicyclic amines) is 1. The Labute approximate surface area is 148 Å². The molecule has 1 heterocycles. The summed E-state index contributed by atoms with van der Waals surface area (Å²) in [6, 6.07) is 10.8. The zero-order valence-electron chi connectivity index (χ0n) is 14.3. The van der Waals surface area contributed by atoms with Crippen molar-refractivity contribution >= 4 is 23.6 Å². The maximum Gasteiger partial charge on any atom is 0.315 e. The van der Waals surface area contributed by atoms with E-state index in [0.29, 0.717) is 12.4 Å². The molecule has 6 heteroatoms. The zero-order chi connectivity index (χ0) is 17.2. The number of carbonyl (C=O) groups is 2. The Morgan fingerprint density at radius 2 is 1.92 bits per heavy atom. The molecule has 1 fully saturated rings. The fraction of sp³-hybridized carbons (Fsp3) is 0.556. The van der Waals surface area contributed by atoms with E-state index in [4.69, 9.17) is 4.74 Å². The molecule has 132 valence electrons. The zero-order valence-corrected chi connectivity index (χ0v) is 15.1. The van der Waals surface area contributed by atoms with Gasteiger partial charge in [-0.1, -0.05) is 30.3 Å². The standard InChI is InChI=1S/C18H26N2O3S/c1-2-23-18(22)14-24-13-17(21)19-16-8-10-20(11-9-16)12-15-6-4-3-5-7-15/h3-7,16H,2,8-14H2,1H3,(H,19,21)/p+1. The molecule has 1 saturated heterocycles. The number of ether oxygens (including phenoxy) is 1. The van der Waals surface area contributed by atoms with Crippen LogP contribution in [0.5, 0.6) is 0 Å². The molecule has 1 aliphatic heterocycles. The molecule has 0 aromatic heterocycles. The largest absolute Gasteiger partial charge is 0.465 e. The third-order valence-electron chi connectivity index (χ3n) is 4.11. The molecule has 0 radical (unpaired) electrons. The van der Waals surface area contributed by atoms with E-state index in [1.807, 2.05) is 6.07 Å². The maximum absolute atomic E-state index is 11.9. The molecule has 1 amide bonds. The number of nitrogens with one attached hydrogen (secondary N) is 2. The highest BCUT2D eigenvalue weighted by Crippen LogP contribution is 2.04. The molecule has 0 unspecified atom stereocenters. The van der Waals surface area contributed by atoms with Crippen LogP contribution >= 0.6 is 11.8 Å². The number of quaternary nitrogens is 1. The van der Waals surface area contributed by atoms with Crippen molar-refractivity contribution in [2.45, 2.75) is 32.4 Å². The average molecular weight is 351 g/mol. The second-order valence-electron chi connectivity index (χ2n) is 6.05. The first-order valence-corrected chi connectivity index (χ1v) is 9.73. The van der Waals surface area contributed by atoms with Gasteiger partial charge in [-0.15, -0.1) is 11.8 Å². The molecule has 2 rings (SSSR count). The van der Waals surface area contributed by atoms with Gasteiger partial charge in [-0.2, -0.15) is 0 Å². The first-order valence-electron chi connectivity index (χ1n) is 8.57. The Hall–Kier alpha value is -1.53. The number of hydrogen-bond donors (Lipinski definition) is 2. The molecule has 5 nitrogen and oxygen atoms in total. The van der Waals surface area contributed by atoms with Crippen LogP contribution in [0.3, 0.4) is 0 Å². The summed E-state index contributed by atoms with van der Waals surface area (Å²) < 4.78 is 4.84. The number of rotatable bonds is 8. The summed E-state index contributed by atoms with van der Waals surface area (Å²) in [6.07, 6.45) is 2.02. The Bertz CT molecular complexity index is 516. The van der Waals surface area contributed by atoms with E-state index in [-0.39, 0.29) is 23.7 Å². The molecule has 24 heavy (non-hydrogen) atoms. The first-order chi connectivity index (χ1) is 11.7. The van der Waals surface area contributed by atoms with Gasteiger partial charge in [0.25, 0.3) is 0 Å². The lowest BCUT2D eigenvalue weighted by atomic mass is 10.0. The van der Waals surface area contributed by atoms with Crippen LogP contribution in [0.25, 0.3) is 0 Å². The van der Waals surface area contributed by atoms with E-state index in [0.717, 1.165) is 32.5 Å². The van der Waals surface area contributed by atoms with Crippen molar-refractivity contribution in [3.8, 4) is 0 Å². The van der Waals surface area contributed by atoms with E-state index in [1.165, 1.54) is 17.3 Å². The van der Waals surface area contributed by atoms with Crippen LogP contribution in [0.2, 0.25) is 0 Å². The van der Waals surface area contributed by atoms with Gasteiger partial charge in [-0.25, -0.2) is 0 Å². The van der Waals surface area contributed by atoms with Gasteiger partial charge in [-0.05, 0) is 6.92 Å². The third-order valence-corrected chi connectivity index (χ3v) is 5.02. The van der Waals surface area contributed by atoms with Crippen molar-refractivity contribution in [3.63, 3.8) is 0 Å². The summed E-state index contributed by atoms with van der Waals surface area (Å²) in [7, 11) is 0. The Morgan fingerprint density at radius 1 is 1.21 bits per heavy atom. The van der Waals surface area contributed by atoms with Gasteiger partial charge < -0.3 is 15.0 Å². The lowest BCUT2D eigenvalue weighted by Crippen LogP contribution is -3.12. The monoisotopic (exact) mass is 351 g/mol. The minimum absolute atomic E-state index is 0.0146. The van der Waals surface area contributed by atoms with Crippen molar-refractivity contribution in [1.82, 2.24) is 5.32 Å². The summed E-state index contributed by atoms with van der Waals surface area (Å²) >= 11 is 1.31. The molecule has 0 atom stereocenters. The summed E-state index contributed by atoms with van der Waals surface area (Å²) in [5, 5.41) is 3.08. The van der Waals surface area contributed by atoms with Crippen LogP contribution in [0.15, 0.2) is 30.3 Å². The van der Waals surface area contributed by atoms with Crippen LogP contribution in [-0.2, 0) is 20.9 Å². The van der Waals surface area contributed by atoms with Gasteiger partial charge in [-0.3, -0.25) is 9.59 Å². The van der Waals surface area contributed by atoms with Crippen LogP contribution in [0, 0.1) is 0 Å². The second-order valence-corrected chi connectivity index (χ2v) is 7.04. The van der Waals surface area contributed by atoms with Crippen LogP contribution in [0.4, 0.5) is 0 Å². The van der Waals surface area contributed by atoms with Crippen LogP contribution < -0.4 is 10.2 Å². The van der Waals surface area contributed by atoms with Crippen molar-refractivity contribution in [3.05, 3.63) is 35.9 Å². The number of hydrogen-bond acceptors (Lipinski definition) is 4. The Kier molecular flexibility index (Phi) is 8.12. The van der Waals surface area contributed by atoms with E-state index >= 15 is 0 Å². The Balaban J connectivity index is 1.60. The minimum atomic E-state index is -0.256. The quantitative estimate of drug-likeness (QED) is 0.675. The fourth-order valence-electron chi connectivity index (χ4n) is 2.93. The predicted octanol–water partition coefficient (Wildman–Crippen LogP) is 0.646. The highest BCUT2D eigenvalue weighted by Gasteiger charge is 2.23. The average Bonchev–Trinajstić information content (AvgIpc) is 2.58. The van der Waals surface area contributed by atoms with Crippen molar-refractivity contribution in [1.29, 1.82) is 0 Å². The molecular formula is C18H27N2O3S+. The summed E-state index contributed by atoms with van der Waals surface area (Å²) in [6.45, 7) is 5.37. The number of piperidine rings is 1. The number of esters is 1. The number of amides is 1. The lowest BCUT2D eigenvalue weighted by Gasteiger charge is -2.29. The first kappa shape index (κ1) is 18.8. The van der Waals surface area contributed by atoms with Gasteiger partial charge in [0.15, 0.2) is 0 Å². The van der Waals surface area contributed by atoms with E-state index in [1.54, 1.807) is 11.8 Å². The maximum atomic E-state index is 11.9. The number of carbonyl (C=O) groups excluding carboxylic acids is 2. The van der Waals surface area contributed by atoms with Crippen molar-refractivity contribution < 1.29 is 19.2 Å². The van der Waals surface area contributed by atoms with Gasteiger partial charge >= 0.3 is 5.97 Å². The van der Waals surface area contributed by atoms with Gasteiger partial charge in [0.2, 0.25) is 5.91 Å². The molecule has 2 N–H and O–H groups in total. The number of thioether (sulfide) groups is 1. The Morgan fingerprint density at radius 3 is 2.58 bits per heavy atom. The molecule has 1 aliphatic rings. The smallest absolute Gasteiger partial charge is 0.315 e. The van der Waals surface area contributed by atoms with Gasteiger partial charge in [0.05, 0.1) is 31.2 Å².